The molecule has 0 aliphatic carbocycles. The maximum absolute atomic E-state index is 14.5. The average molecular weight is 606 g/mol. The average Bonchev–Trinajstić information content (AvgIpc) is 3.47. The number of halogens is 1. The van der Waals surface area contributed by atoms with Crippen LogP contribution in [0.4, 0.5) is 0 Å². The predicted octanol–water partition coefficient (Wildman–Crippen LogP) is 3.60. The van der Waals surface area contributed by atoms with Gasteiger partial charge in [-0.2, -0.15) is 0 Å². The Labute approximate surface area is 237 Å². The molecule has 0 saturated carbocycles. The summed E-state index contributed by atoms with van der Waals surface area (Å²) in [5, 5.41) is 10.4. The summed E-state index contributed by atoms with van der Waals surface area (Å²) in [7, 11) is 0. The van der Waals surface area contributed by atoms with Crippen molar-refractivity contribution in [3.05, 3.63) is 61.2 Å². The van der Waals surface area contributed by atoms with E-state index in [1.807, 2.05) is 51.1 Å². The van der Waals surface area contributed by atoms with Crippen molar-refractivity contribution >= 4 is 45.5 Å². The van der Waals surface area contributed by atoms with E-state index in [0.29, 0.717) is 19.4 Å². The van der Waals surface area contributed by atoms with Crippen LogP contribution in [0.25, 0.3) is 0 Å². The van der Waals surface area contributed by atoms with Crippen LogP contribution in [-0.2, 0) is 25.5 Å². The highest BCUT2D eigenvalue weighted by Gasteiger charge is 2.76. The second-order valence-electron chi connectivity index (χ2n) is 11.3. The number of thioether (sulfide) groups is 1. The second-order valence-corrected chi connectivity index (χ2v) is 14.0. The van der Waals surface area contributed by atoms with Gasteiger partial charge in [0, 0.05) is 22.2 Å². The standard InChI is InChI=1S/C29H37BrN2O5S/c1-6-13-31(28(3,4)5)26(35)24-29-16-20(30)23(38-29)21(27(36)37-14-7-2)22(29)25(34)32(24)19(17-33)15-18-11-9-8-10-12-18/h6-12,19-24,33H,1-2,13-17H2,3-5H3/t19-,20?,21+,22+,23+,24?,29?/m1/s1. The lowest BCUT2D eigenvalue weighted by Gasteiger charge is -2.43. The highest BCUT2D eigenvalue weighted by atomic mass is 79.9. The molecular weight excluding hydrogens is 568 g/mol. The third-order valence-corrected chi connectivity index (χ3v) is 11.1. The van der Waals surface area contributed by atoms with Gasteiger partial charge in [-0.15, -0.1) is 18.3 Å². The Kier molecular flexibility index (Phi) is 8.50. The summed E-state index contributed by atoms with van der Waals surface area (Å²) in [5.74, 6) is -2.30. The Morgan fingerprint density at radius 2 is 1.97 bits per heavy atom. The van der Waals surface area contributed by atoms with E-state index >= 15 is 0 Å². The number of benzene rings is 1. The fourth-order valence-electron chi connectivity index (χ4n) is 6.35. The van der Waals surface area contributed by atoms with Gasteiger partial charge < -0.3 is 19.6 Å². The van der Waals surface area contributed by atoms with Gasteiger partial charge in [-0.05, 0) is 39.2 Å². The van der Waals surface area contributed by atoms with E-state index in [1.54, 1.807) is 27.6 Å². The van der Waals surface area contributed by atoms with Crippen LogP contribution in [0, 0.1) is 11.8 Å². The Morgan fingerprint density at radius 1 is 1.29 bits per heavy atom. The van der Waals surface area contributed by atoms with Crippen molar-refractivity contribution in [2.45, 2.75) is 66.1 Å². The molecule has 3 aliphatic heterocycles. The number of carbonyl (C=O) groups is 3. The number of nitrogens with zero attached hydrogens (tertiary/aromatic N) is 2. The van der Waals surface area contributed by atoms with Crippen molar-refractivity contribution < 1.29 is 24.2 Å². The van der Waals surface area contributed by atoms with Crippen LogP contribution >= 0.6 is 27.7 Å². The lowest BCUT2D eigenvalue weighted by molar-refractivity contribution is -0.153. The number of aliphatic hydroxyl groups excluding tert-OH is 1. The highest BCUT2D eigenvalue weighted by molar-refractivity contribution is 9.09. The third kappa shape index (κ3) is 4.86. The van der Waals surface area contributed by atoms with Gasteiger partial charge in [0.15, 0.2) is 0 Å². The monoisotopic (exact) mass is 604 g/mol. The number of ether oxygens (including phenoxy) is 1. The number of hydrogen-bond acceptors (Lipinski definition) is 6. The number of rotatable bonds is 10. The van der Waals surface area contributed by atoms with E-state index < -0.39 is 40.2 Å². The number of hydrogen-bond donors (Lipinski definition) is 1. The zero-order valence-corrected chi connectivity index (χ0v) is 24.6. The Morgan fingerprint density at radius 3 is 2.55 bits per heavy atom. The summed E-state index contributed by atoms with van der Waals surface area (Å²) < 4.78 is 4.64. The molecule has 2 amide bonds. The normalized spacial score (nSPS) is 30.6. The Hall–Kier alpha value is -2.10. The zero-order valence-electron chi connectivity index (χ0n) is 22.2. The van der Waals surface area contributed by atoms with Crippen molar-refractivity contribution in [3.63, 3.8) is 0 Å². The molecule has 1 aromatic rings. The molecular formula is C29H37BrN2O5S. The maximum atomic E-state index is 14.5. The van der Waals surface area contributed by atoms with Gasteiger partial charge >= 0.3 is 5.97 Å². The van der Waals surface area contributed by atoms with Gasteiger partial charge in [-0.1, -0.05) is 65.0 Å². The van der Waals surface area contributed by atoms with Crippen LogP contribution in [0.5, 0.6) is 0 Å². The van der Waals surface area contributed by atoms with Crippen LogP contribution in [0.1, 0.15) is 32.8 Å². The number of aliphatic hydroxyl groups is 1. The third-order valence-electron chi connectivity index (χ3n) is 7.88. The van der Waals surface area contributed by atoms with Crippen molar-refractivity contribution in [1.82, 2.24) is 9.80 Å². The largest absolute Gasteiger partial charge is 0.461 e. The van der Waals surface area contributed by atoms with E-state index in [4.69, 9.17) is 4.74 Å². The fraction of sp³-hybridized carbons (Fsp3) is 0.552. The zero-order chi connectivity index (χ0) is 27.8. The molecule has 3 saturated heterocycles. The summed E-state index contributed by atoms with van der Waals surface area (Å²) in [5.41, 5.74) is 0.427. The number of amides is 2. The van der Waals surface area contributed by atoms with Crippen LogP contribution in [0.2, 0.25) is 0 Å². The molecule has 206 valence electrons. The minimum absolute atomic E-state index is 0.0581. The van der Waals surface area contributed by atoms with Crippen molar-refractivity contribution in [2.75, 3.05) is 19.8 Å². The first-order valence-electron chi connectivity index (χ1n) is 13.0. The summed E-state index contributed by atoms with van der Waals surface area (Å²) in [6, 6.07) is 8.17. The number of fused-ring (bicyclic) bond motifs is 1. The fourth-order valence-corrected chi connectivity index (χ4v) is 9.94. The predicted molar refractivity (Wildman–Crippen MR) is 153 cm³/mol. The molecule has 3 fully saturated rings. The van der Waals surface area contributed by atoms with Gasteiger partial charge in [0.25, 0.3) is 0 Å². The summed E-state index contributed by atoms with van der Waals surface area (Å²) in [6.45, 7) is 13.4. The molecule has 1 N–H and O–H groups in total. The van der Waals surface area contributed by atoms with Crippen LogP contribution < -0.4 is 0 Å². The summed E-state index contributed by atoms with van der Waals surface area (Å²) in [4.78, 5) is 45.5. The first kappa shape index (κ1) is 28.9. The lowest BCUT2D eigenvalue weighted by atomic mass is 9.71. The molecule has 3 unspecified atom stereocenters. The molecule has 7 nitrogen and oxygen atoms in total. The molecule has 9 heteroatoms. The minimum atomic E-state index is -0.840. The minimum Gasteiger partial charge on any atom is -0.461 e. The van der Waals surface area contributed by atoms with E-state index in [1.165, 1.54) is 6.08 Å². The summed E-state index contributed by atoms with van der Waals surface area (Å²) >= 11 is 5.33. The van der Waals surface area contributed by atoms with E-state index in [0.717, 1.165) is 5.56 Å². The van der Waals surface area contributed by atoms with Crippen LogP contribution in [0.15, 0.2) is 55.6 Å². The molecule has 2 bridgehead atoms. The van der Waals surface area contributed by atoms with Crippen LogP contribution in [-0.4, -0.2) is 84.9 Å². The van der Waals surface area contributed by atoms with Crippen molar-refractivity contribution in [2.24, 2.45) is 11.8 Å². The van der Waals surface area contributed by atoms with Gasteiger partial charge in [0.2, 0.25) is 11.8 Å². The molecule has 38 heavy (non-hydrogen) atoms. The lowest BCUT2D eigenvalue weighted by Crippen LogP contribution is -2.61. The molecule has 3 aliphatic rings. The molecule has 1 aromatic carbocycles. The number of alkyl halides is 1. The SMILES string of the molecule is C=CCOC(=O)[C@H]1[C@H]2C(=O)N([C@@H](CO)Cc3ccccc3)C(C(=O)N(CC=C)C(C)(C)C)C23CC(Br)[C@@H]1S3. The topological polar surface area (TPSA) is 87.1 Å². The van der Waals surface area contributed by atoms with E-state index in [2.05, 4.69) is 29.1 Å². The van der Waals surface area contributed by atoms with Crippen molar-refractivity contribution in [1.29, 1.82) is 0 Å². The molecule has 1 spiro atoms. The Balaban J connectivity index is 1.83. The highest BCUT2D eigenvalue weighted by Crippen LogP contribution is 2.68. The van der Waals surface area contributed by atoms with Crippen LogP contribution in [0.3, 0.4) is 0 Å². The number of likely N-dealkylation sites (tertiary alicyclic amines) is 1. The molecule has 3 heterocycles. The number of esters is 1. The van der Waals surface area contributed by atoms with Gasteiger partial charge in [0.1, 0.15) is 12.6 Å². The van der Waals surface area contributed by atoms with Gasteiger partial charge in [-0.3, -0.25) is 14.4 Å². The molecule has 4 rings (SSSR count). The molecule has 0 aromatic heterocycles. The van der Waals surface area contributed by atoms with Gasteiger partial charge in [-0.25, -0.2) is 0 Å². The first-order chi connectivity index (χ1) is 18.0. The van der Waals surface area contributed by atoms with E-state index in [9.17, 15) is 19.5 Å². The smallest absolute Gasteiger partial charge is 0.311 e. The van der Waals surface area contributed by atoms with Gasteiger partial charge in [0.05, 0.1) is 29.2 Å². The second kappa shape index (κ2) is 11.2. The molecule has 0 radical (unpaired) electrons. The maximum Gasteiger partial charge on any atom is 0.311 e. The van der Waals surface area contributed by atoms with E-state index in [-0.39, 0.29) is 35.1 Å². The number of carbonyl (C=O) groups excluding carboxylic acids is 3. The summed E-state index contributed by atoms with van der Waals surface area (Å²) in [6.07, 6.45) is 4.15. The Bertz CT molecular complexity index is 1090. The first-order valence-corrected chi connectivity index (χ1v) is 14.8. The van der Waals surface area contributed by atoms with Crippen molar-refractivity contribution in [3.8, 4) is 0 Å². The molecule has 7 atom stereocenters. The quantitative estimate of drug-likeness (QED) is 0.249.